The highest BCUT2D eigenvalue weighted by molar-refractivity contribution is 7.16. The molecule has 1 aliphatic heterocycles. The van der Waals surface area contributed by atoms with E-state index in [1.165, 1.54) is 11.3 Å². The van der Waals surface area contributed by atoms with Gasteiger partial charge in [0, 0.05) is 43.6 Å². The molecule has 3 rings (SSSR count). The third kappa shape index (κ3) is 7.63. The second-order valence-electron chi connectivity index (χ2n) is 7.30. The summed E-state index contributed by atoms with van der Waals surface area (Å²) in [5, 5.41) is 2.98. The summed E-state index contributed by atoms with van der Waals surface area (Å²) < 4.78 is 12.1. The Bertz CT molecular complexity index is 777. The number of rotatable bonds is 10. The molecule has 0 spiro atoms. The second kappa shape index (κ2) is 11.6. The SMILES string of the molecule is CN(CCOc1cccc(CNC(=O)CCc2ccc(Cl)s2)c1)C1CCOCC1. The number of hydrogen-bond donors (Lipinski definition) is 1. The number of hydrogen-bond acceptors (Lipinski definition) is 5. The fourth-order valence-electron chi connectivity index (χ4n) is 3.37. The van der Waals surface area contributed by atoms with Crippen LogP contribution in [-0.2, 0) is 22.5 Å². The number of benzene rings is 1. The number of halogens is 1. The number of likely N-dealkylation sites (N-methyl/N-ethyl adjacent to an activating group) is 1. The average Bonchev–Trinajstić information content (AvgIpc) is 3.17. The van der Waals surface area contributed by atoms with E-state index in [0.717, 1.165) is 53.1 Å². The largest absolute Gasteiger partial charge is 0.492 e. The van der Waals surface area contributed by atoms with E-state index in [1.54, 1.807) is 0 Å². The summed E-state index contributed by atoms with van der Waals surface area (Å²) in [6.07, 6.45) is 3.36. The molecule has 1 fully saturated rings. The molecule has 1 N–H and O–H groups in total. The standard InChI is InChI=1S/C22H29ClN2O3S/c1-25(18-9-12-27-13-10-18)11-14-28-19-4-2-3-17(15-19)16-24-22(26)8-6-20-5-7-21(23)29-20/h2-5,7,15,18H,6,8-14,16H2,1H3,(H,24,26). The Morgan fingerprint density at radius 2 is 2.14 bits per heavy atom. The molecule has 1 aromatic heterocycles. The molecule has 2 heterocycles. The van der Waals surface area contributed by atoms with Crippen LogP contribution in [0.1, 0.15) is 29.7 Å². The van der Waals surface area contributed by atoms with Crippen molar-refractivity contribution in [1.29, 1.82) is 0 Å². The summed E-state index contributed by atoms with van der Waals surface area (Å²) in [5.74, 6) is 0.879. The van der Waals surface area contributed by atoms with E-state index in [-0.39, 0.29) is 5.91 Å². The Hall–Kier alpha value is -1.60. The maximum atomic E-state index is 12.1. The molecule has 2 aromatic rings. The van der Waals surface area contributed by atoms with Crippen LogP contribution in [0.3, 0.4) is 0 Å². The third-order valence-electron chi connectivity index (χ3n) is 5.14. The maximum absolute atomic E-state index is 12.1. The van der Waals surface area contributed by atoms with Crippen molar-refractivity contribution in [3.8, 4) is 5.75 Å². The molecule has 0 unspecified atom stereocenters. The Labute approximate surface area is 182 Å². The zero-order valence-corrected chi connectivity index (χ0v) is 18.4. The summed E-state index contributed by atoms with van der Waals surface area (Å²) in [5.41, 5.74) is 1.04. The third-order valence-corrected chi connectivity index (χ3v) is 6.43. The lowest BCUT2D eigenvalue weighted by molar-refractivity contribution is -0.121. The molecule has 0 bridgehead atoms. The van der Waals surface area contributed by atoms with Gasteiger partial charge in [-0.2, -0.15) is 0 Å². The molecule has 5 nitrogen and oxygen atoms in total. The van der Waals surface area contributed by atoms with Crippen LogP contribution in [0.2, 0.25) is 4.34 Å². The summed E-state index contributed by atoms with van der Waals surface area (Å²) in [6.45, 7) is 3.74. The highest BCUT2D eigenvalue weighted by Crippen LogP contribution is 2.22. The van der Waals surface area contributed by atoms with Crippen LogP contribution < -0.4 is 10.1 Å². The zero-order chi connectivity index (χ0) is 20.5. The molecule has 158 valence electrons. The first-order valence-electron chi connectivity index (χ1n) is 10.1. The lowest BCUT2D eigenvalue weighted by Crippen LogP contribution is -2.38. The summed E-state index contributed by atoms with van der Waals surface area (Å²) in [6, 6.07) is 12.3. The lowest BCUT2D eigenvalue weighted by atomic mass is 10.1. The zero-order valence-electron chi connectivity index (χ0n) is 16.9. The minimum atomic E-state index is 0.0407. The second-order valence-corrected chi connectivity index (χ2v) is 9.10. The monoisotopic (exact) mass is 436 g/mol. The highest BCUT2D eigenvalue weighted by Gasteiger charge is 2.18. The lowest BCUT2D eigenvalue weighted by Gasteiger charge is -2.31. The minimum Gasteiger partial charge on any atom is -0.492 e. The van der Waals surface area contributed by atoms with Crippen LogP contribution in [0.5, 0.6) is 5.75 Å². The molecular weight excluding hydrogens is 408 g/mol. The molecule has 7 heteroatoms. The Morgan fingerprint density at radius 3 is 2.90 bits per heavy atom. The molecule has 1 amide bonds. The van der Waals surface area contributed by atoms with E-state index in [0.29, 0.717) is 32.0 Å². The number of carbonyl (C=O) groups excluding carboxylic acids is 1. The predicted octanol–water partition coefficient (Wildman–Crippen LogP) is 4.14. The van der Waals surface area contributed by atoms with Crippen molar-refractivity contribution in [3.05, 3.63) is 51.2 Å². The molecule has 1 saturated heterocycles. The van der Waals surface area contributed by atoms with Gasteiger partial charge in [-0.25, -0.2) is 0 Å². The quantitative estimate of drug-likeness (QED) is 0.608. The van der Waals surface area contributed by atoms with Crippen molar-refractivity contribution < 1.29 is 14.3 Å². The van der Waals surface area contributed by atoms with E-state index in [4.69, 9.17) is 21.1 Å². The van der Waals surface area contributed by atoms with Gasteiger partial charge in [0.25, 0.3) is 0 Å². The smallest absolute Gasteiger partial charge is 0.220 e. The molecule has 0 aliphatic carbocycles. The average molecular weight is 437 g/mol. The molecular formula is C22H29ClN2O3S. The van der Waals surface area contributed by atoms with E-state index in [1.807, 2.05) is 36.4 Å². The minimum absolute atomic E-state index is 0.0407. The van der Waals surface area contributed by atoms with Gasteiger partial charge in [-0.1, -0.05) is 23.7 Å². The number of thiophene rings is 1. The van der Waals surface area contributed by atoms with Crippen LogP contribution >= 0.6 is 22.9 Å². The van der Waals surface area contributed by atoms with E-state index < -0.39 is 0 Å². The number of carbonyl (C=O) groups is 1. The molecule has 1 aliphatic rings. The Balaban J connectivity index is 1.36. The van der Waals surface area contributed by atoms with Gasteiger partial charge in [0.1, 0.15) is 12.4 Å². The first-order chi connectivity index (χ1) is 14.1. The highest BCUT2D eigenvalue weighted by atomic mass is 35.5. The van der Waals surface area contributed by atoms with Crippen molar-refractivity contribution in [2.45, 2.75) is 38.3 Å². The van der Waals surface area contributed by atoms with Crippen molar-refractivity contribution in [2.75, 3.05) is 33.4 Å². The van der Waals surface area contributed by atoms with Crippen LogP contribution in [0, 0.1) is 0 Å². The number of amides is 1. The van der Waals surface area contributed by atoms with Crippen molar-refractivity contribution in [3.63, 3.8) is 0 Å². The Kier molecular flexibility index (Phi) is 8.80. The van der Waals surface area contributed by atoms with Crippen molar-refractivity contribution >= 4 is 28.8 Å². The molecule has 0 atom stereocenters. The normalized spacial score (nSPS) is 14.9. The fraction of sp³-hybridized carbons (Fsp3) is 0.500. The summed E-state index contributed by atoms with van der Waals surface area (Å²) in [4.78, 5) is 15.6. The van der Waals surface area contributed by atoms with Gasteiger partial charge in [-0.05, 0) is 56.1 Å². The summed E-state index contributed by atoms with van der Waals surface area (Å²) in [7, 11) is 2.15. The first kappa shape index (κ1) is 22.1. The molecule has 29 heavy (non-hydrogen) atoms. The van der Waals surface area contributed by atoms with E-state index in [2.05, 4.69) is 17.3 Å². The fourth-order valence-corrected chi connectivity index (χ4v) is 4.46. The van der Waals surface area contributed by atoms with Gasteiger partial charge >= 0.3 is 0 Å². The van der Waals surface area contributed by atoms with Crippen LogP contribution in [-0.4, -0.2) is 50.3 Å². The predicted molar refractivity (Wildman–Crippen MR) is 118 cm³/mol. The maximum Gasteiger partial charge on any atom is 0.220 e. The summed E-state index contributed by atoms with van der Waals surface area (Å²) >= 11 is 7.45. The molecule has 0 radical (unpaired) electrons. The number of nitrogens with zero attached hydrogens (tertiary/aromatic N) is 1. The van der Waals surface area contributed by atoms with E-state index in [9.17, 15) is 4.79 Å². The van der Waals surface area contributed by atoms with Gasteiger partial charge < -0.3 is 14.8 Å². The molecule has 0 saturated carbocycles. The van der Waals surface area contributed by atoms with Gasteiger partial charge in [-0.3, -0.25) is 9.69 Å². The number of aryl methyl sites for hydroxylation is 1. The van der Waals surface area contributed by atoms with Crippen LogP contribution in [0.25, 0.3) is 0 Å². The van der Waals surface area contributed by atoms with Gasteiger partial charge in [0.2, 0.25) is 5.91 Å². The van der Waals surface area contributed by atoms with E-state index >= 15 is 0 Å². The first-order valence-corrected chi connectivity index (χ1v) is 11.3. The molecule has 1 aromatic carbocycles. The van der Waals surface area contributed by atoms with Crippen LogP contribution in [0.4, 0.5) is 0 Å². The van der Waals surface area contributed by atoms with Crippen molar-refractivity contribution in [1.82, 2.24) is 10.2 Å². The van der Waals surface area contributed by atoms with Crippen molar-refractivity contribution in [2.24, 2.45) is 0 Å². The topological polar surface area (TPSA) is 50.8 Å². The number of nitrogens with one attached hydrogen (secondary N) is 1. The van der Waals surface area contributed by atoms with Crippen LogP contribution in [0.15, 0.2) is 36.4 Å². The van der Waals surface area contributed by atoms with Gasteiger partial charge in [0.15, 0.2) is 0 Å². The number of ether oxygens (including phenoxy) is 2. The van der Waals surface area contributed by atoms with Gasteiger partial charge in [0.05, 0.1) is 4.34 Å². The van der Waals surface area contributed by atoms with Gasteiger partial charge in [-0.15, -0.1) is 11.3 Å². The Morgan fingerprint density at radius 1 is 1.31 bits per heavy atom.